The molecule has 2 rings (SSSR count). The van der Waals surface area contributed by atoms with Crippen LogP contribution in [-0.4, -0.2) is 16.5 Å². The summed E-state index contributed by atoms with van der Waals surface area (Å²) in [6, 6.07) is 2.39. The minimum absolute atomic E-state index is 0.120. The smallest absolute Gasteiger partial charge is 0.173 e. The molecule has 0 spiro atoms. The van der Waals surface area contributed by atoms with Gasteiger partial charge in [0.15, 0.2) is 11.6 Å². The Hall–Kier alpha value is -1.40. The summed E-state index contributed by atoms with van der Waals surface area (Å²) in [7, 11) is 0. The second kappa shape index (κ2) is 6.85. The first-order valence-corrected chi connectivity index (χ1v) is 7.06. The second-order valence-electron chi connectivity index (χ2n) is 4.32. The van der Waals surface area contributed by atoms with Crippen LogP contribution in [0.25, 0.3) is 0 Å². The van der Waals surface area contributed by atoms with Gasteiger partial charge in [-0.05, 0) is 40.5 Å². The highest BCUT2D eigenvalue weighted by molar-refractivity contribution is 9.10. The Kier molecular flexibility index (Phi) is 5.14. The van der Waals surface area contributed by atoms with Crippen LogP contribution in [0.5, 0.6) is 0 Å². The monoisotopic (exact) mass is 341 g/mol. The molecule has 0 saturated heterocycles. The Labute approximate surface area is 124 Å². The zero-order valence-electron chi connectivity index (χ0n) is 10.9. The van der Waals surface area contributed by atoms with E-state index in [0.717, 1.165) is 24.6 Å². The summed E-state index contributed by atoms with van der Waals surface area (Å²) >= 11 is 3.13. The maximum absolute atomic E-state index is 13.7. The number of aromatic nitrogens is 2. The van der Waals surface area contributed by atoms with E-state index in [2.05, 4.69) is 31.2 Å². The lowest BCUT2D eigenvalue weighted by Crippen LogP contribution is -2.24. The zero-order chi connectivity index (χ0) is 14.5. The molecule has 0 saturated carbocycles. The first kappa shape index (κ1) is 15.0. The minimum Gasteiger partial charge on any atom is -0.306 e. The molecule has 3 nitrogen and oxygen atoms in total. The van der Waals surface area contributed by atoms with Crippen LogP contribution >= 0.6 is 15.9 Å². The van der Waals surface area contributed by atoms with Gasteiger partial charge in [0.1, 0.15) is 6.33 Å². The number of halogens is 3. The van der Waals surface area contributed by atoms with Gasteiger partial charge in [-0.2, -0.15) is 0 Å². The lowest BCUT2D eigenvalue weighted by Gasteiger charge is -2.20. The van der Waals surface area contributed by atoms with Crippen molar-refractivity contribution in [2.75, 3.05) is 6.54 Å². The molecule has 2 aromatic rings. The Balaban J connectivity index is 2.44. The normalized spacial score (nSPS) is 12.4. The second-order valence-corrected chi connectivity index (χ2v) is 5.12. The zero-order valence-corrected chi connectivity index (χ0v) is 12.5. The van der Waals surface area contributed by atoms with Gasteiger partial charge in [-0.3, -0.25) is 0 Å². The van der Waals surface area contributed by atoms with Crippen LogP contribution in [0.2, 0.25) is 0 Å². The van der Waals surface area contributed by atoms with Crippen molar-refractivity contribution in [3.63, 3.8) is 0 Å². The van der Waals surface area contributed by atoms with Crippen molar-refractivity contribution < 1.29 is 8.78 Å². The van der Waals surface area contributed by atoms with Crippen LogP contribution < -0.4 is 5.32 Å². The number of hydrogen-bond donors (Lipinski definition) is 1. The maximum Gasteiger partial charge on any atom is 0.173 e. The van der Waals surface area contributed by atoms with E-state index in [0.29, 0.717) is 5.56 Å². The molecular formula is C14H14BrF2N3. The van der Waals surface area contributed by atoms with Crippen LogP contribution in [0.3, 0.4) is 0 Å². The molecule has 1 N–H and O–H groups in total. The van der Waals surface area contributed by atoms with E-state index in [9.17, 15) is 8.78 Å². The molecule has 1 aromatic heterocycles. The fourth-order valence-electron chi connectivity index (χ4n) is 1.92. The molecule has 0 radical (unpaired) electrons. The van der Waals surface area contributed by atoms with Crippen LogP contribution in [-0.2, 0) is 0 Å². The van der Waals surface area contributed by atoms with Crippen molar-refractivity contribution in [3.8, 4) is 0 Å². The standard InChI is InChI=1S/C14H14BrF2N3/c1-2-5-20-14(9-6-18-8-19-7-9)10-3-4-11(16)13(17)12(10)15/h3-4,6-8,14,20H,2,5H2,1H3. The summed E-state index contributed by atoms with van der Waals surface area (Å²) in [5.74, 6) is -1.76. The van der Waals surface area contributed by atoms with Gasteiger partial charge >= 0.3 is 0 Å². The summed E-state index contributed by atoms with van der Waals surface area (Å²) in [6.07, 6.45) is 5.67. The van der Waals surface area contributed by atoms with E-state index >= 15 is 0 Å². The van der Waals surface area contributed by atoms with Crippen molar-refractivity contribution in [3.05, 3.63) is 58.1 Å². The van der Waals surface area contributed by atoms with Gasteiger partial charge in [-0.1, -0.05) is 13.0 Å². The summed E-state index contributed by atoms with van der Waals surface area (Å²) in [4.78, 5) is 7.95. The first-order chi connectivity index (χ1) is 9.65. The molecule has 106 valence electrons. The molecule has 20 heavy (non-hydrogen) atoms. The van der Waals surface area contributed by atoms with Crippen LogP contribution in [0.4, 0.5) is 8.78 Å². The van der Waals surface area contributed by atoms with E-state index in [1.165, 1.54) is 6.33 Å². The summed E-state index contributed by atoms with van der Waals surface area (Å²) in [5.41, 5.74) is 1.42. The van der Waals surface area contributed by atoms with Gasteiger partial charge in [0, 0.05) is 18.0 Å². The predicted molar refractivity (Wildman–Crippen MR) is 76.2 cm³/mol. The highest BCUT2D eigenvalue weighted by Gasteiger charge is 2.20. The average Bonchev–Trinajstić information content (AvgIpc) is 2.48. The Morgan fingerprint density at radius 1 is 1.25 bits per heavy atom. The Morgan fingerprint density at radius 2 is 1.95 bits per heavy atom. The minimum atomic E-state index is -0.886. The van der Waals surface area contributed by atoms with Gasteiger partial charge in [-0.15, -0.1) is 0 Å². The van der Waals surface area contributed by atoms with E-state index in [4.69, 9.17) is 0 Å². The van der Waals surface area contributed by atoms with E-state index in [1.54, 1.807) is 18.5 Å². The van der Waals surface area contributed by atoms with Gasteiger partial charge < -0.3 is 5.32 Å². The lowest BCUT2D eigenvalue weighted by atomic mass is 10.0. The third kappa shape index (κ3) is 3.19. The first-order valence-electron chi connectivity index (χ1n) is 6.26. The highest BCUT2D eigenvalue weighted by atomic mass is 79.9. The molecule has 0 amide bonds. The number of rotatable bonds is 5. The van der Waals surface area contributed by atoms with Gasteiger partial charge in [0.2, 0.25) is 0 Å². The molecule has 0 aliphatic rings. The summed E-state index contributed by atoms with van der Waals surface area (Å²) < 4.78 is 27.1. The topological polar surface area (TPSA) is 37.8 Å². The van der Waals surface area contributed by atoms with Gasteiger partial charge in [-0.25, -0.2) is 18.7 Å². The molecule has 6 heteroatoms. The average molecular weight is 342 g/mol. The Bertz CT molecular complexity index is 578. The van der Waals surface area contributed by atoms with Crippen molar-refractivity contribution in [1.82, 2.24) is 15.3 Å². The van der Waals surface area contributed by atoms with Crippen molar-refractivity contribution in [2.45, 2.75) is 19.4 Å². The van der Waals surface area contributed by atoms with E-state index in [-0.39, 0.29) is 10.5 Å². The SMILES string of the molecule is CCCNC(c1cncnc1)c1ccc(F)c(F)c1Br. The summed E-state index contributed by atoms with van der Waals surface area (Å²) in [5, 5.41) is 3.29. The third-order valence-corrected chi connectivity index (χ3v) is 3.69. The predicted octanol–water partition coefficient (Wildman–Crippen LogP) is 3.61. The largest absolute Gasteiger partial charge is 0.306 e. The number of hydrogen-bond acceptors (Lipinski definition) is 3. The van der Waals surface area contributed by atoms with Gasteiger partial charge in [0.25, 0.3) is 0 Å². The van der Waals surface area contributed by atoms with E-state index < -0.39 is 11.6 Å². The molecule has 0 fully saturated rings. The van der Waals surface area contributed by atoms with Crippen LogP contribution in [0.1, 0.15) is 30.5 Å². The number of nitrogens with one attached hydrogen (secondary N) is 1. The molecule has 0 bridgehead atoms. The fraction of sp³-hybridized carbons (Fsp3) is 0.286. The fourth-order valence-corrected chi connectivity index (χ4v) is 2.47. The van der Waals surface area contributed by atoms with Gasteiger partial charge in [0.05, 0.1) is 10.5 Å². The van der Waals surface area contributed by atoms with Crippen LogP contribution in [0.15, 0.2) is 35.3 Å². The molecular weight excluding hydrogens is 328 g/mol. The molecule has 1 aromatic carbocycles. The molecule has 1 heterocycles. The number of benzene rings is 1. The molecule has 0 aliphatic carbocycles. The Morgan fingerprint density at radius 3 is 2.60 bits per heavy atom. The van der Waals surface area contributed by atoms with Crippen molar-refractivity contribution >= 4 is 15.9 Å². The highest BCUT2D eigenvalue weighted by Crippen LogP contribution is 2.31. The molecule has 0 aliphatic heterocycles. The van der Waals surface area contributed by atoms with Crippen molar-refractivity contribution in [1.29, 1.82) is 0 Å². The van der Waals surface area contributed by atoms with Crippen molar-refractivity contribution in [2.24, 2.45) is 0 Å². The van der Waals surface area contributed by atoms with Crippen LogP contribution in [0, 0.1) is 11.6 Å². The summed E-state index contributed by atoms with van der Waals surface area (Å²) in [6.45, 7) is 2.77. The molecule has 1 unspecified atom stereocenters. The third-order valence-electron chi connectivity index (χ3n) is 2.89. The molecule has 1 atom stereocenters. The quantitative estimate of drug-likeness (QED) is 0.844. The lowest BCUT2D eigenvalue weighted by molar-refractivity contribution is 0.497. The number of nitrogens with zero attached hydrogens (tertiary/aromatic N) is 2. The maximum atomic E-state index is 13.7. The van der Waals surface area contributed by atoms with E-state index in [1.807, 2.05) is 6.92 Å².